The van der Waals surface area contributed by atoms with Gasteiger partial charge in [-0.1, -0.05) is 0 Å². The van der Waals surface area contributed by atoms with Crippen LogP contribution in [0.2, 0.25) is 0 Å². The van der Waals surface area contributed by atoms with Crippen molar-refractivity contribution in [2.45, 2.75) is 18.9 Å². The zero-order chi connectivity index (χ0) is 12.7. The molecule has 0 fully saturated rings. The number of hydrogen-bond donors (Lipinski definition) is 3. The van der Waals surface area contributed by atoms with Gasteiger partial charge in [0.05, 0.1) is 11.8 Å². The Morgan fingerprint density at radius 1 is 1.65 bits per heavy atom. The van der Waals surface area contributed by atoms with E-state index >= 15 is 0 Å². The first-order chi connectivity index (χ1) is 8.15. The molecule has 0 radical (unpaired) electrons. The highest BCUT2D eigenvalue weighted by molar-refractivity contribution is 5.96. The summed E-state index contributed by atoms with van der Waals surface area (Å²) in [5, 5.41) is 17.5. The monoisotopic (exact) mass is 241 g/mol. The van der Waals surface area contributed by atoms with Gasteiger partial charge in [0, 0.05) is 19.9 Å². The molecular formula is C10H15N3O4. The summed E-state index contributed by atoms with van der Waals surface area (Å²) < 4.78 is 4.83. The molecule has 94 valence electrons. The normalized spacial score (nSPS) is 12.1. The van der Waals surface area contributed by atoms with Crippen LogP contribution in [0.15, 0.2) is 12.4 Å². The first kappa shape index (κ1) is 13.2. The van der Waals surface area contributed by atoms with Gasteiger partial charge in [-0.3, -0.25) is 9.89 Å². The van der Waals surface area contributed by atoms with Gasteiger partial charge in [-0.2, -0.15) is 5.10 Å². The lowest BCUT2D eigenvalue weighted by Gasteiger charge is -2.13. The summed E-state index contributed by atoms with van der Waals surface area (Å²) in [6.45, 7) is 0.464. The Bertz CT molecular complexity index is 364. The fourth-order valence-corrected chi connectivity index (χ4v) is 1.31. The number of methoxy groups -OCH3 is 1. The molecule has 1 atom stereocenters. The number of carbonyl (C=O) groups is 2. The van der Waals surface area contributed by atoms with Crippen LogP contribution in [0.5, 0.6) is 0 Å². The van der Waals surface area contributed by atoms with Gasteiger partial charge >= 0.3 is 5.97 Å². The van der Waals surface area contributed by atoms with Crippen molar-refractivity contribution >= 4 is 11.9 Å². The van der Waals surface area contributed by atoms with Gasteiger partial charge in [-0.15, -0.1) is 0 Å². The third-order valence-electron chi connectivity index (χ3n) is 2.21. The van der Waals surface area contributed by atoms with E-state index < -0.39 is 17.9 Å². The SMILES string of the molecule is COCCCC(NC(=O)c1cn[nH]c1)C(=O)O. The van der Waals surface area contributed by atoms with Crippen molar-refractivity contribution in [3.8, 4) is 0 Å². The Morgan fingerprint density at radius 2 is 2.41 bits per heavy atom. The molecule has 0 saturated carbocycles. The number of aromatic amines is 1. The van der Waals surface area contributed by atoms with E-state index in [0.717, 1.165) is 0 Å². The Morgan fingerprint density at radius 3 is 2.94 bits per heavy atom. The van der Waals surface area contributed by atoms with E-state index in [9.17, 15) is 9.59 Å². The Labute approximate surface area is 98.2 Å². The second kappa shape index (κ2) is 6.64. The lowest BCUT2D eigenvalue weighted by molar-refractivity contribution is -0.139. The molecule has 7 heteroatoms. The third kappa shape index (κ3) is 4.23. The molecule has 7 nitrogen and oxygen atoms in total. The summed E-state index contributed by atoms with van der Waals surface area (Å²) in [6, 6.07) is -0.910. The van der Waals surface area contributed by atoms with Crippen LogP contribution >= 0.6 is 0 Å². The van der Waals surface area contributed by atoms with E-state index in [2.05, 4.69) is 15.5 Å². The number of amides is 1. The molecule has 3 N–H and O–H groups in total. The largest absolute Gasteiger partial charge is 0.480 e. The fraction of sp³-hybridized carbons (Fsp3) is 0.500. The van der Waals surface area contributed by atoms with Crippen LogP contribution in [0.25, 0.3) is 0 Å². The van der Waals surface area contributed by atoms with Crippen LogP contribution in [0.3, 0.4) is 0 Å². The standard InChI is InChI=1S/C10H15N3O4/c1-17-4-2-3-8(10(15)16)13-9(14)7-5-11-12-6-7/h5-6,8H,2-4H2,1H3,(H,11,12)(H,13,14)(H,15,16). The molecule has 17 heavy (non-hydrogen) atoms. The smallest absolute Gasteiger partial charge is 0.326 e. The van der Waals surface area contributed by atoms with E-state index in [1.54, 1.807) is 7.11 Å². The van der Waals surface area contributed by atoms with Crippen molar-refractivity contribution in [1.82, 2.24) is 15.5 Å². The third-order valence-corrected chi connectivity index (χ3v) is 2.21. The second-order valence-corrected chi connectivity index (χ2v) is 3.49. The van der Waals surface area contributed by atoms with Crippen LogP contribution in [0.4, 0.5) is 0 Å². The van der Waals surface area contributed by atoms with E-state index in [-0.39, 0.29) is 0 Å². The van der Waals surface area contributed by atoms with Gasteiger partial charge in [-0.05, 0) is 12.8 Å². The Hall–Kier alpha value is -1.89. The molecule has 0 aliphatic rings. The highest BCUT2D eigenvalue weighted by Crippen LogP contribution is 2.01. The van der Waals surface area contributed by atoms with Crippen LogP contribution in [0, 0.1) is 0 Å². The van der Waals surface area contributed by atoms with Crippen LogP contribution in [-0.2, 0) is 9.53 Å². The van der Waals surface area contributed by atoms with Crippen molar-refractivity contribution in [3.05, 3.63) is 18.0 Å². The molecule has 1 rings (SSSR count). The average molecular weight is 241 g/mol. The molecule has 0 spiro atoms. The van der Waals surface area contributed by atoms with Gasteiger partial charge in [0.15, 0.2) is 0 Å². The van der Waals surface area contributed by atoms with Crippen LogP contribution < -0.4 is 5.32 Å². The van der Waals surface area contributed by atoms with Gasteiger partial charge in [0.1, 0.15) is 6.04 Å². The average Bonchev–Trinajstić information content (AvgIpc) is 2.81. The van der Waals surface area contributed by atoms with Gasteiger partial charge in [-0.25, -0.2) is 4.79 Å². The Kier molecular flexibility index (Phi) is 5.15. The first-order valence-electron chi connectivity index (χ1n) is 5.16. The number of aliphatic carboxylic acids is 1. The maximum Gasteiger partial charge on any atom is 0.326 e. The molecule has 0 aromatic carbocycles. The molecule has 0 aliphatic carbocycles. The summed E-state index contributed by atoms with van der Waals surface area (Å²) in [6.07, 6.45) is 3.64. The molecule has 0 aliphatic heterocycles. The highest BCUT2D eigenvalue weighted by Gasteiger charge is 2.20. The summed E-state index contributed by atoms with van der Waals surface area (Å²) in [7, 11) is 1.54. The number of H-pyrrole nitrogens is 1. The minimum absolute atomic E-state index is 0.308. The lowest BCUT2D eigenvalue weighted by atomic mass is 10.1. The number of carboxylic acid groups (broad SMARTS) is 1. The molecular weight excluding hydrogens is 226 g/mol. The van der Waals surface area contributed by atoms with Crippen molar-refractivity contribution < 1.29 is 19.4 Å². The number of carbonyl (C=O) groups excluding carboxylic acids is 1. The van der Waals surface area contributed by atoms with Crippen LogP contribution in [0.1, 0.15) is 23.2 Å². The molecule has 1 aromatic rings. The molecule has 1 aromatic heterocycles. The quantitative estimate of drug-likeness (QED) is 0.584. The summed E-state index contributed by atoms with van der Waals surface area (Å²) in [5.41, 5.74) is 0.308. The number of rotatable bonds is 7. The van der Waals surface area contributed by atoms with Crippen molar-refractivity contribution in [3.63, 3.8) is 0 Å². The predicted molar refractivity (Wildman–Crippen MR) is 58.6 cm³/mol. The molecule has 1 heterocycles. The number of nitrogens with one attached hydrogen (secondary N) is 2. The van der Waals surface area contributed by atoms with Crippen LogP contribution in [-0.4, -0.2) is 46.9 Å². The fourth-order valence-electron chi connectivity index (χ4n) is 1.31. The molecule has 0 saturated heterocycles. The van der Waals surface area contributed by atoms with Gasteiger partial charge in [0.2, 0.25) is 0 Å². The van der Waals surface area contributed by atoms with E-state index in [1.165, 1.54) is 12.4 Å². The topological polar surface area (TPSA) is 104 Å². The summed E-state index contributed by atoms with van der Waals surface area (Å²) in [5.74, 6) is -1.51. The minimum Gasteiger partial charge on any atom is -0.480 e. The highest BCUT2D eigenvalue weighted by atomic mass is 16.5. The number of aromatic nitrogens is 2. The minimum atomic E-state index is -1.06. The zero-order valence-corrected chi connectivity index (χ0v) is 9.47. The summed E-state index contributed by atoms with van der Waals surface area (Å²) >= 11 is 0. The number of hydrogen-bond acceptors (Lipinski definition) is 4. The van der Waals surface area contributed by atoms with Crippen molar-refractivity contribution in [2.75, 3.05) is 13.7 Å². The first-order valence-corrected chi connectivity index (χ1v) is 5.16. The van der Waals surface area contributed by atoms with E-state index in [0.29, 0.717) is 25.0 Å². The molecule has 1 amide bonds. The maximum atomic E-state index is 11.6. The molecule has 0 bridgehead atoms. The van der Waals surface area contributed by atoms with Crippen molar-refractivity contribution in [1.29, 1.82) is 0 Å². The second-order valence-electron chi connectivity index (χ2n) is 3.49. The van der Waals surface area contributed by atoms with Gasteiger partial charge in [0.25, 0.3) is 5.91 Å². The number of nitrogens with zero attached hydrogens (tertiary/aromatic N) is 1. The Balaban J connectivity index is 2.49. The number of carboxylic acids is 1. The number of ether oxygens (including phenoxy) is 1. The molecule has 1 unspecified atom stereocenters. The zero-order valence-electron chi connectivity index (χ0n) is 9.47. The van der Waals surface area contributed by atoms with E-state index in [1.807, 2.05) is 0 Å². The van der Waals surface area contributed by atoms with Crippen molar-refractivity contribution in [2.24, 2.45) is 0 Å². The van der Waals surface area contributed by atoms with Gasteiger partial charge < -0.3 is 15.2 Å². The summed E-state index contributed by atoms with van der Waals surface area (Å²) in [4.78, 5) is 22.5. The predicted octanol–water partition coefficient (Wildman–Crippen LogP) is 0.0193. The maximum absolute atomic E-state index is 11.6. The lowest BCUT2D eigenvalue weighted by Crippen LogP contribution is -2.40. The van der Waals surface area contributed by atoms with E-state index in [4.69, 9.17) is 9.84 Å².